The number of hydrogen-bond donors (Lipinski definition) is 1. The van der Waals surface area contributed by atoms with Gasteiger partial charge < -0.3 is 14.6 Å². The lowest BCUT2D eigenvalue weighted by atomic mass is 9.95. The van der Waals surface area contributed by atoms with E-state index in [9.17, 15) is 14.7 Å². The van der Waals surface area contributed by atoms with E-state index in [-0.39, 0.29) is 11.3 Å². The maximum absolute atomic E-state index is 13.5. The maximum atomic E-state index is 13.5. The lowest BCUT2D eigenvalue weighted by Crippen LogP contribution is -2.29. The molecule has 4 aromatic rings. The fourth-order valence-corrected chi connectivity index (χ4v) is 5.61. The molecule has 7 nitrogen and oxygen atoms in total. The minimum atomic E-state index is -0.904. The van der Waals surface area contributed by atoms with Crippen LogP contribution in [0.1, 0.15) is 43.9 Å². The van der Waals surface area contributed by atoms with Crippen molar-refractivity contribution in [3.8, 4) is 11.5 Å². The third-order valence-electron chi connectivity index (χ3n) is 6.37. The van der Waals surface area contributed by atoms with Gasteiger partial charge in [0.15, 0.2) is 5.13 Å². The Kier molecular flexibility index (Phi) is 7.86. The van der Waals surface area contributed by atoms with Crippen molar-refractivity contribution >= 4 is 55.7 Å². The zero-order valence-electron chi connectivity index (χ0n) is 21.5. The molecule has 39 heavy (non-hydrogen) atoms. The molecular formula is C30H27ClN2O5S. The Bertz CT molecular complexity index is 1560. The molecule has 0 saturated carbocycles. The highest BCUT2D eigenvalue weighted by molar-refractivity contribution is 7.22. The van der Waals surface area contributed by atoms with Gasteiger partial charge in [0.05, 0.1) is 35.0 Å². The number of rotatable bonds is 9. The molecule has 1 amide bonds. The number of nitrogens with zero attached hydrogens (tertiary/aromatic N) is 2. The van der Waals surface area contributed by atoms with Gasteiger partial charge in [0.2, 0.25) is 0 Å². The van der Waals surface area contributed by atoms with E-state index < -0.39 is 17.7 Å². The van der Waals surface area contributed by atoms with Gasteiger partial charge in [0, 0.05) is 10.6 Å². The number of aliphatic hydroxyl groups excluding tert-OH is 1. The van der Waals surface area contributed by atoms with Gasteiger partial charge in [-0.15, -0.1) is 0 Å². The molecule has 200 valence electrons. The van der Waals surface area contributed by atoms with Crippen molar-refractivity contribution in [3.63, 3.8) is 0 Å². The SMILES string of the molecule is CCCCOc1cccc(/C(O)=C2\C(=O)C(=O)N(c3nc4ccc(OCC)cc4s3)C2c2ccc(Cl)cc2)c1. The number of halogens is 1. The van der Waals surface area contributed by atoms with E-state index in [1.54, 1.807) is 48.5 Å². The summed E-state index contributed by atoms with van der Waals surface area (Å²) in [6.07, 6.45) is 1.88. The molecule has 0 aliphatic carbocycles. The molecule has 5 rings (SSSR count). The number of fused-ring (bicyclic) bond motifs is 1. The molecule has 0 radical (unpaired) electrons. The summed E-state index contributed by atoms with van der Waals surface area (Å²) in [4.78, 5) is 33.0. The average molecular weight is 563 g/mol. The zero-order chi connectivity index (χ0) is 27.5. The Morgan fingerprint density at radius 3 is 2.54 bits per heavy atom. The van der Waals surface area contributed by atoms with Gasteiger partial charge >= 0.3 is 5.91 Å². The van der Waals surface area contributed by atoms with Gasteiger partial charge in [-0.3, -0.25) is 14.5 Å². The largest absolute Gasteiger partial charge is 0.507 e. The average Bonchev–Trinajstić information content (AvgIpc) is 3.47. The molecular weight excluding hydrogens is 536 g/mol. The molecule has 1 N–H and O–H groups in total. The Labute approximate surface area is 235 Å². The van der Waals surface area contributed by atoms with Gasteiger partial charge in [-0.25, -0.2) is 4.98 Å². The van der Waals surface area contributed by atoms with Crippen molar-refractivity contribution in [1.29, 1.82) is 0 Å². The third kappa shape index (κ3) is 5.35. The summed E-state index contributed by atoms with van der Waals surface area (Å²) in [5.74, 6) is -0.579. The predicted molar refractivity (Wildman–Crippen MR) is 154 cm³/mol. The highest BCUT2D eigenvalue weighted by Crippen LogP contribution is 2.45. The van der Waals surface area contributed by atoms with Gasteiger partial charge in [-0.05, 0) is 61.4 Å². The van der Waals surface area contributed by atoms with Crippen LogP contribution >= 0.6 is 22.9 Å². The Hall–Kier alpha value is -3.88. The number of aliphatic hydroxyl groups is 1. The fraction of sp³-hybridized carbons (Fsp3) is 0.233. The first-order valence-electron chi connectivity index (χ1n) is 12.7. The van der Waals surface area contributed by atoms with E-state index in [1.807, 2.05) is 25.1 Å². The number of Topliss-reactive ketones (excluding diaryl/α,β-unsaturated/α-hetero) is 1. The fourth-order valence-electron chi connectivity index (χ4n) is 4.47. The number of hydrogen-bond acceptors (Lipinski definition) is 7. The van der Waals surface area contributed by atoms with Crippen LogP contribution in [0.5, 0.6) is 11.5 Å². The van der Waals surface area contributed by atoms with Crippen molar-refractivity contribution in [2.45, 2.75) is 32.7 Å². The molecule has 0 spiro atoms. The summed E-state index contributed by atoms with van der Waals surface area (Å²) in [5.41, 5.74) is 1.64. The number of ketones is 1. The first kappa shape index (κ1) is 26.7. The van der Waals surface area contributed by atoms with Crippen LogP contribution < -0.4 is 14.4 Å². The standard InChI is InChI=1S/C30H27ClN2O5S/c1-3-5-15-38-21-8-6-7-19(16-21)27(34)25-26(18-9-11-20(31)12-10-18)33(29(36)28(25)35)30-32-23-14-13-22(37-4-2)17-24(23)39-30/h6-14,16-17,26,34H,3-5,15H2,1-2H3/b27-25+. The summed E-state index contributed by atoms with van der Waals surface area (Å²) in [6, 6.07) is 18.3. The molecule has 0 bridgehead atoms. The van der Waals surface area contributed by atoms with Crippen LogP contribution in [0.3, 0.4) is 0 Å². The summed E-state index contributed by atoms with van der Waals surface area (Å²) in [5, 5.41) is 12.3. The normalized spacial score (nSPS) is 16.7. The van der Waals surface area contributed by atoms with E-state index in [0.717, 1.165) is 17.5 Å². The first-order valence-corrected chi connectivity index (χ1v) is 13.9. The quantitative estimate of drug-likeness (QED) is 0.101. The minimum absolute atomic E-state index is 0.0257. The van der Waals surface area contributed by atoms with E-state index in [1.165, 1.54) is 16.2 Å². The monoisotopic (exact) mass is 562 g/mol. The smallest absolute Gasteiger partial charge is 0.301 e. The Balaban J connectivity index is 1.62. The number of aromatic nitrogens is 1. The van der Waals surface area contributed by atoms with Crippen LogP contribution in [-0.4, -0.2) is 35.0 Å². The Morgan fingerprint density at radius 1 is 1.03 bits per heavy atom. The van der Waals surface area contributed by atoms with Gasteiger partial charge in [0.1, 0.15) is 17.3 Å². The molecule has 1 aliphatic rings. The third-order valence-corrected chi connectivity index (χ3v) is 7.64. The summed E-state index contributed by atoms with van der Waals surface area (Å²) >= 11 is 7.42. The van der Waals surface area contributed by atoms with Crippen LogP contribution in [0.4, 0.5) is 5.13 Å². The summed E-state index contributed by atoms with van der Waals surface area (Å²) < 4.78 is 12.2. The second kappa shape index (κ2) is 11.5. The summed E-state index contributed by atoms with van der Waals surface area (Å²) in [6.45, 7) is 5.04. The minimum Gasteiger partial charge on any atom is -0.507 e. The lowest BCUT2D eigenvalue weighted by Gasteiger charge is -2.23. The molecule has 2 heterocycles. The molecule has 1 atom stereocenters. The number of carbonyl (C=O) groups is 2. The highest BCUT2D eigenvalue weighted by Gasteiger charge is 2.48. The number of unbranched alkanes of at least 4 members (excludes halogenated alkanes) is 1. The van der Waals surface area contributed by atoms with Gasteiger partial charge in [0.25, 0.3) is 5.78 Å². The van der Waals surface area contributed by atoms with Crippen molar-refractivity contribution in [3.05, 3.63) is 88.5 Å². The van der Waals surface area contributed by atoms with E-state index in [0.29, 0.717) is 51.5 Å². The second-order valence-corrected chi connectivity index (χ2v) is 10.5. The molecule has 9 heteroatoms. The van der Waals surface area contributed by atoms with Crippen molar-refractivity contribution in [2.24, 2.45) is 0 Å². The predicted octanol–water partition coefficient (Wildman–Crippen LogP) is 7.15. The molecule has 1 unspecified atom stereocenters. The first-order chi connectivity index (χ1) is 18.9. The van der Waals surface area contributed by atoms with Crippen LogP contribution in [0.25, 0.3) is 16.0 Å². The lowest BCUT2D eigenvalue weighted by molar-refractivity contribution is -0.132. The highest BCUT2D eigenvalue weighted by atomic mass is 35.5. The number of thiazole rings is 1. The van der Waals surface area contributed by atoms with Crippen molar-refractivity contribution < 1.29 is 24.2 Å². The molecule has 1 saturated heterocycles. The van der Waals surface area contributed by atoms with E-state index in [4.69, 9.17) is 21.1 Å². The second-order valence-electron chi connectivity index (χ2n) is 9.01. The van der Waals surface area contributed by atoms with E-state index in [2.05, 4.69) is 11.9 Å². The number of ether oxygens (including phenoxy) is 2. The number of carbonyl (C=O) groups excluding carboxylic acids is 2. The van der Waals surface area contributed by atoms with Crippen LogP contribution in [-0.2, 0) is 9.59 Å². The topological polar surface area (TPSA) is 89.0 Å². The van der Waals surface area contributed by atoms with E-state index >= 15 is 0 Å². The molecule has 1 aliphatic heterocycles. The number of anilines is 1. The van der Waals surface area contributed by atoms with Crippen LogP contribution in [0, 0.1) is 0 Å². The maximum Gasteiger partial charge on any atom is 0.301 e. The molecule has 1 aromatic heterocycles. The molecule has 3 aromatic carbocycles. The van der Waals surface area contributed by atoms with Crippen molar-refractivity contribution in [2.75, 3.05) is 18.1 Å². The zero-order valence-corrected chi connectivity index (χ0v) is 23.1. The molecule has 1 fully saturated rings. The van der Waals surface area contributed by atoms with Crippen molar-refractivity contribution in [1.82, 2.24) is 4.98 Å². The number of amides is 1. The van der Waals surface area contributed by atoms with Crippen LogP contribution in [0.2, 0.25) is 5.02 Å². The van der Waals surface area contributed by atoms with Crippen LogP contribution in [0.15, 0.2) is 72.3 Å². The summed E-state index contributed by atoms with van der Waals surface area (Å²) in [7, 11) is 0. The van der Waals surface area contributed by atoms with Gasteiger partial charge in [-0.1, -0.05) is 60.5 Å². The van der Waals surface area contributed by atoms with Gasteiger partial charge in [-0.2, -0.15) is 0 Å². The Morgan fingerprint density at radius 2 is 1.79 bits per heavy atom. The number of benzene rings is 3.